The molecule has 1 aromatic carbocycles. The third kappa shape index (κ3) is 1.85. The van der Waals surface area contributed by atoms with Gasteiger partial charge in [-0.25, -0.2) is 4.39 Å². The van der Waals surface area contributed by atoms with E-state index in [0.717, 1.165) is 18.5 Å². The zero-order chi connectivity index (χ0) is 11.6. The quantitative estimate of drug-likeness (QED) is 0.820. The number of alkyl halides is 1. The summed E-state index contributed by atoms with van der Waals surface area (Å²) in [5, 5.41) is 3.24. The van der Waals surface area contributed by atoms with Crippen LogP contribution in [-0.4, -0.2) is 12.2 Å². The summed E-state index contributed by atoms with van der Waals surface area (Å²) >= 11 is 0. The molecule has 16 heavy (non-hydrogen) atoms. The average molecular weight is 222 g/mol. The molecule has 2 atom stereocenters. The van der Waals surface area contributed by atoms with Crippen molar-refractivity contribution >= 4 is 0 Å². The fourth-order valence-corrected chi connectivity index (χ4v) is 2.54. The van der Waals surface area contributed by atoms with Crippen LogP contribution in [0.4, 0.5) is 4.39 Å². The highest BCUT2D eigenvalue weighted by Crippen LogP contribution is 2.38. The van der Waals surface area contributed by atoms with E-state index >= 15 is 0 Å². The summed E-state index contributed by atoms with van der Waals surface area (Å²) in [4.78, 5) is 0. The van der Waals surface area contributed by atoms with E-state index in [4.69, 9.17) is 5.73 Å². The van der Waals surface area contributed by atoms with Gasteiger partial charge in [0.05, 0.1) is 6.04 Å². The predicted octanol–water partition coefficient (Wildman–Crippen LogP) is 2.30. The average Bonchev–Trinajstić information content (AvgIpc) is 2.73. The number of fused-ring (bicyclic) bond motifs is 1. The van der Waals surface area contributed by atoms with E-state index in [1.807, 2.05) is 31.2 Å². The maximum Gasteiger partial charge on any atom is 0.142 e. The molecule has 0 fully saturated rings. The maximum absolute atomic E-state index is 14.7. The van der Waals surface area contributed by atoms with Crippen LogP contribution < -0.4 is 11.1 Å². The molecule has 2 nitrogen and oxygen atoms in total. The highest BCUT2D eigenvalue weighted by molar-refractivity contribution is 5.36. The summed E-state index contributed by atoms with van der Waals surface area (Å²) in [6.45, 7) is 2.81. The van der Waals surface area contributed by atoms with Crippen LogP contribution in [-0.2, 0) is 6.54 Å². The van der Waals surface area contributed by atoms with Crippen molar-refractivity contribution in [1.82, 2.24) is 5.32 Å². The zero-order valence-electron chi connectivity index (χ0n) is 9.67. The Morgan fingerprint density at radius 1 is 1.50 bits per heavy atom. The van der Waals surface area contributed by atoms with Crippen LogP contribution in [0.5, 0.6) is 0 Å². The molecular weight excluding hydrogens is 203 g/mol. The van der Waals surface area contributed by atoms with E-state index in [-0.39, 0.29) is 12.6 Å². The first-order valence-corrected chi connectivity index (χ1v) is 5.91. The molecule has 0 aromatic heterocycles. The van der Waals surface area contributed by atoms with Crippen LogP contribution in [0.2, 0.25) is 0 Å². The fraction of sp³-hybridized carbons (Fsp3) is 0.538. The van der Waals surface area contributed by atoms with Crippen LogP contribution in [0.1, 0.15) is 36.9 Å². The van der Waals surface area contributed by atoms with Gasteiger partial charge in [-0.3, -0.25) is 0 Å². The molecule has 2 rings (SSSR count). The lowest BCUT2D eigenvalue weighted by Gasteiger charge is -2.30. The Bertz CT molecular complexity index is 367. The normalized spacial score (nSPS) is 22.8. The largest absolute Gasteiger partial charge is 0.327 e. The summed E-state index contributed by atoms with van der Waals surface area (Å²) in [5.41, 5.74) is 6.56. The number of rotatable bonds is 4. The number of hydrogen-bond acceptors (Lipinski definition) is 2. The molecule has 1 aliphatic heterocycles. The van der Waals surface area contributed by atoms with Gasteiger partial charge in [0.25, 0.3) is 0 Å². The summed E-state index contributed by atoms with van der Waals surface area (Å²) in [6, 6.07) is 7.76. The van der Waals surface area contributed by atoms with Gasteiger partial charge >= 0.3 is 0 Å². The lowest BCUT2D eigenvalue weighted by molar-refractivity contribution is 0.106. The molecule has 88 valence electrons. The van der Waals surface area contributed by atoms with Crippen molar-refractivity contribution in [2.75, 3.05) is 6.54 Å². The molecule has 2 unspecified atom stereocenters. The van der Waals surface area contributed by atoms with Crippen LogP contribution >= 0.6 is 0 Å². The number of halogens is 1. The highest BCUT2D eigenvalue weighted by Gasteiger charge is 2.41. The molecule has 0 radical (unpaired) electrons. The molecule has 1 aliphatic rings. The minimum atomic E-state index is -1.32. The number of nitrogens with two attached hydrogens (primary N) is 1. The Hall–Kier alpha value is -0.930. The molecule has 3 heteroatoms. The minimum Gasteiger partial charge on any atom is -0.327 e. The first-order valence-electron chi connectivity index (χ1n) is 5.91. The maximum atomic E-state index is 14.7. The lowest BCUT2D eigenvalue weighted by Crippen LogP contribution is -2.43. The molecule has 0 aliphatic carbocycles. The van der Waals surface area contributed by atoms with Crippen molar-refractivity contribution in [3.8, 4) is 0 Å². The zero-order valence-corrected chi connectivity index (χ0v) is 9.67. The van der Waals surface area contributed by atoms with E-state index in [1.165, 1.54) is 5.56 Å². The Morgan fingerprint density at radius 3 is 2.94 bits per heavy atom. The van der Waals surface area contributed by atoms with Crippen molar-refractivity contribution in [2.45, 2.75) is 38.0 Å². The van der Waals surface area contributed by atoms with E-state index in [9.17, 15) is 4.39 Å². The van der Waals surface area contributed by atoms with Gasteiger partial charge in [-0.2, -0.15) is 0 Å². The second-order valence-corrected chi connectivity index (χ2v) is 4.50. The van der Waals surface area contributed by atoms with Gasteiger partial charge < -0.3 is 11.1 Å². The van der Waals surface area contributed by atoms with Crippen LogP contribution in [0.3, 0.4) is 0 Å². The van der Waals surface area contributed by atoms with Gasteiger partial charge in [0.1, 0.15) is 5.67 Å². The third-order valence-corrected chi connectivity index (χ3v) is 3.39. The molecule has 0 spiro atoms. The lowest BCUT2D eigenvalue weighted by atomic mass is 9.87. The van der Waals surface area contributed by atoms with Crippen LogP contribution in [0.15, 0.2) is 24.3 Å². The Balaban J connectivity index is 2.29. The van der Waals surface area contributed by atoms with E-state index in [1.54, 1.807) is 0 Å². The topological polar surface area (TPSA) is 38.0 Å². The Morgan fingerprint density at radius 2 is 2.25 bits per heavy atom. The second-order valence-electron chi connectivity index (χ2n) is 4.50. The SMILES string of the molecule is CCCC(F)(CN)C1NCc2ccccc21. The molecule has 1 heterocycles. The van der Waals surface area contributed by atoms with Gasteiger partial charge in [-0.05, 0) is 17.5 Å². The fourth-order valence-electron chi connectivity index (χ4n) is 2.54. The van der Waals surface area contributed by atoms with Crippen LogP contribution in [0, 0.1) is 0 Å². The number of benzene rings is 1. The monoisotopic (exact) mass is 222 g/mol. The third-order valence-electron chi connectivity index (χ3n) is 3.39. The molecule has 3 N–H and O–H groups in total. The van der Waals surface area contributed by atoms with Gasteiger partial charge in [0.2, 0.25) is 0 Å². The van der Waals surface area contributed by atoms with Gasteiger partial charge in [-0.15, -0.1) is 0 Å². The summed E-state index contributed by atoms with van der Waals surface area (Å²) in [7, 11) is 0. The Labute approximate surface area is 96.0 Å². The summed E-state index contributed by atoms with van der Waals surface area (Å²) in [6.07, 6.45) is 1.32. The van der Waals surface area contributed by atoms with Gasteiger partial charge in [0, 0.05) is 13.1 Å². The Kier molecular flexibility index (Phi) is 3.26. The second kappa shape index (κ2) is 4.52. The standard InChI is InChI=1S/C13H19FN2/c1-2-7-13(14,9-15)12-11-6-4-3-5-10(11)8-16-12/h3-6,12,16H,2,7-9,15H2,1H3. The van der Waals surface area contributed by atoms with E-state index in [2.05, 4.69) is 5.32 Å². The van der Waals surface area contributed by atoms with Crippen molar-refractivity contribution < 1.29 is 4.39 Å². The van der Waals surface area contributed by atoms with E-state index in [0.29, 0.717) is 6.42 Å². The first-order chi connectivity index (χ1) is 7.71. The highest BCUT2D eigenvalue weighted by atomic mass is 19.1. The van der Waals surface area contributed by atoms with Crippen molar-refractivity contribution in [3.63, 3.8) is 0 Å². The predicted molar refractivity (Wildman–Crippen MR) is 63.8 cm³/mol. The summed E-state index contributed by atoms with van der Waals surface area (Å²) in [5.74, 6) is 0. The molecule has 0 saturated heterocycles. The summed E-state index contributed by atoms with van der Waals surface area (Å²) < 4.78 is 14.7. The minimum absolute atomic E-state index is 0.0762. The molecule has 0 saturated carbocycles. The molecule has 1 aromatic rings. The first kappa shape index (κ1) is 11.6. The van der Waals surface area contributed by atoms with Gasteiger partial charge in [-0.1, -0.05) is 37.6 Å². The molecule has 0 bridgehead atoms. The number of nitrogens with one attached hydrogen (secondary N) is 1. The van der Waals surface area contributed by atoms with Crippen LogP contribution in [0.25, 0.3) is 0 Å². The molecule has 0 amide bonds. The van der Waals surface area contributed by atoms with Crippen molar-refractivity contribution in [1.29, 1.82) is 0 Å². The van der Waals surface area contributed by atoms with Crippen molar-refractivity contribution in [2.24, 2.45) is 5.73 Å². The molecular formula is C13H19FN2. The van der Waals surface area contributed by atoms with Gasteiger partial charge in [0.15, 0.2) is 0 Å². The van der Waals surface area contributed by atoms with Crippen molar-refractivity contribution in [3.05, 3.63) is 35.4 Å². The van der Waals surface area contributed by atoms with E-state index < -0.39 is 5.67 Å². The number of hydrogen-bond donors (Lipinski definition) is 2. The smallest absolute Gasteiger partial charge is 0.142 e.